The van der Waals surface area contributed by atoms with Crippen molar-refractivity contribution in [3.63, 3.8) is 0 Å². The lowest BCUT2D eigenvalue weighted by atomic mass is 10.0. The minimum absolute atomic E-state index is 0.0129. The summed E-state index contributed by atoms with van der Waals surface area (Å²) in [6.45, 7) is 2.63. The van der Waals surface area contributed by atoms with Gasteiger partial charge in [0.15, 0.2) is 0 Å². The summed E-state index contributed by atoms with van der Waals surface area (Å²) in [6, 6.07) is 1.62. The zero-order chi connectivity index (χ0) is 17.9. The summed E-state index contributed by atoms with van der Waals surface area (Å²) in [5, 5.41) is 7.16. The Labute approximate surface area is 156 Å². The van der Waals surface area contributed by atoms with E-state index in [-0.39, 0.29) is 24.1 Å². The topological polar surface area (TPSA) is 71.3 Å². The molecule has 0 aliphatic carbocycles. The SMILES string of the molecule is O=C(Cn1ncc(N2CCCC2)cc1=O)N1CCCC[C@@H]1c1nccs1. The smallest absolute Gasteiger partial charge is 0.269 e. The van der Waals surface area contributed by atoms with Gasteiger partial charge in [-0.25, -0.2) is 9.67 Å². The minimum Gasteiger partial charge on any atom is -0.370 e. The predicted molar refractivity (Wildman–Crippen MR) is 100 cm³/mol. The van der Waals surface area contributed by atoms with E-state index in [4.69, 9.17) is 0 Å². The molecule has 0 spiro atoms. The van der Waals surface area contributed by atoms with Crippen molar-refractivity contribution in [1.29, 1.82) is 0 Å². The van der Waals surface area contributed by atoms with Gasteiger partial charge < -0.3 is 9.80 Å². The molecule has 2 aliphatic rings. The van der Waals surface area contributed by atoms with Gasteiger partial charge in [-0.3, -0.25) is 9.59 Å². The van der Waals surface area contributed by atoms with Crippen LogP contribution in [-0.4, -0.2) is 45.2 Å². The second kappa shape index (κ2) is 7.57. The fraction of sp³-hybridized carbons (Fsp3) is 0.556. The van der Waals surface area contributed by atoms with Crippen molar-refractivity contribution in [3.8, 4) is 0 Å². The van der Waals surface area contributed by atoms with E-state index in [0.29, 0.717) is 6.54 Å². The van der Waals surface area contributed by atoms with Gasteiger partial charge in [0.25, 0.3) is 5.56 Å². The van der Waals surface area contributed by atoms with E-state index >= 15 is 0 Å². The van der Waals surface area contributed by atoms with Crippen molar-refractivity contribution in [2.24, 2.45) is 0 Å². The molecule has 2 aromatic heterocycles. The quantitative estimate of drug-likeness (QED) is 0.820. The lowest BCUT2D eigenvalue weighted by Gasteiger charge is -2.34. The largest absolute Gasteiger partial charge is 0.370 e. The zero-order valence-corrected chi connectivity index (χ0v) is 15.5. The van der Waals surface area contributed by atoms with Crippen LogP contribution in [0.1, 0.15) is 43.2 Å². The molecule has 1 atom stereocenters. The van der Waals surface area contributed by atoms with Gasteiger partial charge in [0.1, 0.15) is 11.6 Å². The van der Waals surface area contributed by atoms with Crippen LogP contribution in [0.15, 0.2) is 28.6 Å². The molecule has 2 fully saturated rings. The number of hydrogen-bond donors (Lipinski definition) is 0. The molecule has 0 N–H and O–H groups in total. The molecule has 4 heterocycles. The Morgan fingerprint density at radius 2 is 2.00 bits per heavy atom. The van der Waals surface area contributed by atoms with Crippen LogP contribution in [0.25, 0.3) is 0 Å². The van der Waals surface area contributed by atoms with Gasteiger partial charge in [-0.2, -0.15) is 5.10 Å². The molecule has 2 aliphatic heterocycles. The molecule has 0 bridgehead atoms. The average molecular weight is 373 g/mol. The molecule has 0 unspecified atom stereocenters. The second-order valence-corrected chi connectivity index (χ2v) is 7.80. The van der Waals surface area contributed by atoms with Crippen LogP contribution in [0, 0.1) is 0 Å². The number of hydrogen-bond acceptors (Lipinski definition) is 6. The van der Waals surface area contributed by atoms with Crippen molar-refractivity contribution in [2.45, 2.75) is 44.7 Å². The van der Waals surface area contributed by atoms with E-state index in [1.807, 2.05) is 10.3 Å². The summed E-state index contributed by atoms with van der Waals surface area (Å²) >= 11 is 1.58. The number of likely N-dealkylation sites (tertiary alicyclic amines) is 1. The van der Waals surface area contributed by atoms with Crippen LogP contribution in [0.5, 0.6) is 0 Å². The maximum absolute atomic E-state index is 12.9. The highest BCUT2D eigenvalue weighted by atomic mass is 32.1. The highest BCUT2D eigenvalue weighted by Crippen LogP contribution is 2.32. The van der Waals surface area contributed by atoms with E-state index in [0.717, 1.165) is 55.9 Å². The fourth-order valence-corrected chi connectivity index (χ4v) is 4.58. The minimum atomic E-state index is -0.217. The molecular formula is C18H23N5O2S. The molecule has 0 aromatic carbocycles. The number of rotatable bonds is 4. The molecule has 8 heteroatoms. The van der Waals surface area contributed by atoms with Crippen molar-refractivity contribution in [3.05, 3.63) is 39.2 Å². The van der Waals surface area contributed by atoms with Gasteiger partial charge in [-0.05, 0) is 32.1 Å². The molecule has 0 radical (unpaired) electrons. The molecular weight excluding hydrogens is 350 g/mol. The maximum atomic E-state index is 12.9. The Balaban J connectivity index is 1.49. The molecule has 138 valence electrons. The first kappa shape index (κ1) is 17.2. The zero-order valence-electron chi connectivity index (χ0n) is 14.7. The highest BCUT2D eigenvalue weighted by Gasteiger charge is 2.30. The third kappa shape index (κ3) is 3.51. The monoisotopic (exact) mass is 373 g/mol. The highest BCUT2D eigenvalue weighted by molar-refractivity contribution is 7.09. The van der Waals surface area contributed by atoms with Gasteiger partial charge in [0.05, 0.1) is 17.9 Å². The summed E-state index contributed by atoms with van der Waals surface area (Å²) in [4.78, 5) is 33.7. The Hall–Kier alpha value is -2.22. The molecule has 2 aromatic rings. The van der Waals surface area contributed by atoms with Crippen molar-refractivity contribution < 1.29 is 4.79 Å². The van der Waals surface area contributed by atoms with Gasteiger partial charge in [-0.15, -0.1) is 11.3 Å². The normalized spacial score (nSPS) is 20.5. The van der Waals surface area contributed by atoms with Crippen molar-refractivity contribution in [1.82, 2.24) is 19.7 Å². The molecule has 7 nitrogen and oxygen atoms in total. The van der Waals surface area contributed by atoms with Crippen molar-refractivity contribution in [2.75, 3.05) is 24.5 Å². The molecule has 26 heavy (non-hydrogen) atoms. The van der Waals surface area contributed by atoms with Crippen LogP contribution in [0.2, 0.25) is 0 Å². The van der Waals surface area contributed by atoms with Gasteiger partial charge in [0, 0.05) is 37.3 Å². The van der Waals surface area contributed by atoms with Gasteiger partial charge in [-0.1, -0.05) is 0 Å². The lowest BCUT2D eigenvalue weighted by Crippen LogP contribution is -2.42. The standard InChI is InChI=1S/C18H23N5O2S/c24-16-11-14(21-7-3-4-8-21)12-20-23(16)13-17(25)22-9-2-1-5-15(22)18-19-6-10-26-18/h6,10-12,15H,1-5,7-9,13H2/t15-/m1/s1. The number of carbonyl (C=O) groups excluding carboxylic acids is 1. The first-order valence-corrected chi connectivity index (χ1v) is 10.1. The fourth-order valence-electron chi connectivity index (χ4n) is 3.80. The number of carbonyl (C=O) groups is 1. The summed E-state index contributed by atoms with van der Waals surface area (Å²) < 4.78 is 1.27. The Kier molecular flexibility index (Phi) is 5.01. The summed E-state index contributed by atoms with van der Waals surface area (Å²) in [5.74, 6) is -0.0616. The maximum Gasteiger partial charge on any atom is 0.269 e. The third-order valence-corrected chi connectivity index (χ3v) is 6.05. The van der Waals surface area contributed by atoms with Gasteiger partial charge in [0.2, 0.25) is 5.91 Å². The lowest BCUT2D eigenvalue weighted by molar-refractivity contribution is -0.136. The second-order valence-electron chi connectivity index (χ2n) is 6.87. The number of nitrogens with zero attached hydrogens (tertiary/aromatic N) is 5. The van der Waals surface area contributed by atoms with Crippen LogP contribution in [-0.2, 0) is 11.3 Å². The van der Waals surface area contributed by atoms with E-state index in [1.54, 1.807) is 29.8 Å². The first-order valence-electron chi connectivity index (χ1n) is 9.23. The van der Waals surface area contributed by atoms with Crippen molar-refractivity contribution >= 4 is 22.9 Å². The molecule has 1 amide bonds. The Morgan fingerprint density at radius 1 is 1.19 bits per heavy atom. The third-order valence-electron chi connectivity index (χ3n) is 5.17. The molecule has 0 saturated carbocycles. The van der Waals surface area contributed by atoms with E-state index in [9.17, 15) is 9.59 Å². The average Bonchev–Trinajstić information content (AvgIpc) is 3.37. The van der Waals surface area contributed by atoms with Gasteiger partial charge >= 0.3 is 0 Å². The molecule has 4 rings (SSSR count). The summed E-state index contributed by atoms with van der Waals surface area (Å²) in [6.07, 6.45) is 8.79. The van der Waals surface area contributed by atoms with E-state index in [2.05, 4.69) is 15.0 Å². The number of aromatic nitrogens is 3. The van der Waals surface area contributed by atoms with Crippen LogP contribution in [0.4, 0.5) is 5.69 Å². The van der Waals surface area contributed by atoms with Crippen LogP contribution >= 0.6 is 11.3 Å². The summed E-state index contributed by atoms with van der Waals surface area (Å²) in [5.41, 5.74) is 0.639. The van der Waals surface area contributed by atoms with Crippen LogP contribution in [0.3, 0.4) is 0 Å². The number of thiazole rings is 1. The Morgan fingerprint density at radius 3 is 2.73 bits per heavy atom. The van der Waals surface area contributed by atoms with E-state index in [1.165, 1.54) is 4.68 Å². The van der Waals surface area contributed by atoms with Crippen LogP contribution < -0.4 is 10.5 Å². The Bertz CT molecular complexity index is 813. The number of amides is 1. The number of anilines is 1. The van der Waals surface area contributed by atoms with E-state index < -0.39 is 0 Å². The number of piperidine rings is 1. The predicted octanol–water partition coefficient (Wildman–Crippen LogP) is 2.05. The molecule has 2 saturated heterocycles. The summed E-state index contributed by atoms with van der Waals surface area (Å²) in [7, 11) is 0. The first-order chi connectivity index (χ1) is 12.7.